The van der Waals surface area contributed by atoms with Gasteiger partial charge in [-0.1, -0.05) is 250 Å². The van der Waals surface area contributed by atoms with Gasteiger partial charge in [0, 0.05) is 6.42 Å². The van der Waals surface area contributed by atoms with E-state index in [1.54, 1.807) is 6.08 Å². The zero-order valence-electron chi connectivity index (χ0n) is 52.0. The van der Waals surface area contributed by atoms with Crippen molar-refractivity contribution in [2.24, 2.45) is 0 Å². The van der Waals surface area contributed by atoms with Crippen molar-refractivity contribution < 1.29 is 49.3 Å². The maximum Gasteiger partial charge on any atom is 0.306 e. The number of rotatable bonds is 53. The molecule has 0 aromatic carbocycles. The van der Waals surface area contributed by atoms with Crippen LogP contribution < -0.4 is 5.32 Å². The lowest BCUT2D eigenvalue weighted by atomic mass is 9.99. The Bertz CT molecular complexity index is 1910. The highest BCUT2D eigenvalue weighted by molar-refractivity contribution is 5.80. The summed E-state index contributed by atoms with van der Waals surface area (Å²) in [4.78, 5) is 26.6. The van der Waals surface area contributed by atoms with Crippen molar-refractivity contribution in [3.63, 3.8) is 0 Å². The molecule has 0 aliphatic carbocycles. The van der Waals surface area contributed by atoms with E-state index >= 15 is 0 Å². The van der Waals surface area contributed by atoms with Crippen LogP contribution in [0.1, 0.15) is 233 Å². The Hall–Kier alpha value is -4.46. The molecule has 1 amide bonds. The highest BCUT2D eigenvalue weighted by Crippen LogP contribution is 2.26. The Morgan fingerprint density at radius 3 is 1.30 bits per heavy atom. The molecule has 83 heavy (non-hydrogen) atoms. The Balaban J connectivity index is 2.72. The first kappa shape index (κ1) is 76.6. The maximum atomic E-state index is 13.5. The average Bonchev–Trinajstić information content (AvgIpc) is 3.54. The van der Waals surface area contributed by atoms with Crippen molar-refractivity contribution in [1.29, 1.82) is 0 Å². The zero-order valence-corrected chi connectivity index (χ0v) is 52.0. The molecule has 1 fully saturated rings. The number of hydrogen-bond acceptors (Lipinski definition) is 10. The van der Waals surface area contributed by atoms with Gasteiger partial charge in [0.25, 0.3) is 0 Å². The molecule has 0 aromatic rings. The molecule has 0 aromatic heterocycles. The molecule has 1 saturated heterocycles. The summed E-state index contributed by atoms with van der Waals surface area (Å²) in [5.74, 6) is -1.27. The fraction of sp³-hybridized carbons (Fsp3) is 0.639. The van der Waals surface area contributed by atoms with Crippen LogP contribution in [0, 0.1) is 0 Å². The lowest BCUT2D eigenvalue weighted by molar-refractivity contribution is -0.305. The molecule has 6 N–H and O–H groups in total. The van der Waals surface area contributed by atoms with Crippen LogP contribution in [0.3, 0.4) is 0 Å². The van der Waals surface area contributed by atoms with E-state index < -0.39 is 67.4 Å². The molecular formula is C72H117NO10. The van der Waals surface area contributed by atoms with E-state index in [-0.39, 0.29) is 19.4 Å². The summed E-state index contributed by atoms with van der Waals surface area (Å²) in [7, 11) is 0. The van der Waals surface area contributed by atoms with Crippen LogP contribution in [-0.4, -0.2) is 99.6 Å². The second-order valence-corrected chi connectivity index (χ2v) is 21.7. The van der Waals surface area contributed by atoms with E-state index in [1.165, 1.54) is 51.4 Å². The van der Waals surface area contributed by atoms with Crippen molar-refractivity contribution in [1.82, 2.24) is 5.32 Å². The second kappa shape index (κ2) is 57.9. The van der Waals surface area contributed by atoms with Crippen LogP contribution in [0.25, 0.3) is 0 Å². The van der Waals surface area contributed by atoms with Crippen LogP contribution in [0.2, 0.25) is 0 Å². The summed E-state index contributed by atoms with van der Waals surface area (Å²) < 4.78 is 17.6. The third-order valence-corrected chi connectivity index (χ3v) is 14.2. The summed E-state index contributed by atoms with van der Waals surface area (Å²) >= 11 is 0. The van der Waals surface area contributed by atoms with Gasteiger partial charge in [0.2, 0.25) is 5.91 Å². The van der Waals surface area contributed by atoms with E-state index in [2.05, 4.69) is 160 Å². The standard InChI is InChI=1S/C72H117NO10/c1-4-7-10-13-16-19-22-25-27-29-31-32-33-35-36-38-41-44-47-50-53-56-59-65(76)71(80)73-63(64(75)58-55-52-49-46-43-40-24-21-18-15-12-9-6-3)62-81-72-70(69(79)68(78)66(61-74)82-72)83-67(77)60-57-54-51-48-45-42-39-37-34-30-28-26-23-20-17-14-11-8-5-2/h7-8,10-11,16-17,19-20,25-28,31-32,34-37,41-42,44-45,55,58,63-66,68-70,72,74-76,78-79H,4-6,9,12-15,18,21-24,29-30,33,38-40,43,46-54,56-57,59-62H2,1-3H3,(H,73,80)/b10-7-,11-8-,19-16-,20-17-,27-25-,28-26-,32-31-,36-35-,37-34-,44-41-,45-42-,58-55+. The number of amides is 1. The van der Waals surface area contributed by atoms with E-state index in [0.717, 1.165) is 135 Å². The lowest BCUT2D eigenvalue weighted by Crippen LogP contribution is -2.61. The summed E-state index contributed by atoms with van der Waals surface area (Å²) in [6.45, 7) is 5.52. The van der Waals surface area contributed by atoms with Gasteiger partial charge in [-0.25, -0.2) is 0 Å². The van der Waals surface area contributed by atoms with E-state index in [1.807, 2.05) is 6.08 Å². The first-order valence-corrected chi connectivity index (χ1v) is 32.6. The van der Waals surface area contributed by atoms with Gasteiger partial charge in [-0.3, -0.25) is 9.59 Å². The molecule has 11 heteroatoms. The molecule has 1 heterocycles. The van der Waals surface area contributed by atoms with Crippen molar-refractivity contribution in [2.45, 2.75) is 282 Å². The number of allylic oxidation sites excluding steroid dienone is 23. The highest BCUT2D eigenvalue weighted by atomic mass is 16.7. The molecule has 0 spiro atoms. The van der Waals surface area contributed by atoms with E-state index in [0.29, 0.717) is 12.8 Å². The van der Waals surface area contributed by atoms with Gasteiger partial charge < -0.3 is 45.1 Å². The minimum Gasteiger partial charge on any atom is -0.454 e. The third kappa shape index (κ3) is 45.6. The minimum atomic E-state index is -1.64. The molecule has 11 nitrogen and oxygen atoms in total. The molecule has 1 aliphatic heterocycles. The summed E-state index contributed by atoms with van der Waals surface area (Å²) in [6.07, 6.45) is 73.0. The molecule has 0 saturated carbocycles. The predicted molar refractivity (Wildman–Crippen MR) is 347 cm³/mol. The molecule has 470 valence electrons. The molecule has 0 radical (unpaired) electrons. The fourth-order valence-electron chi connectivity index (χ4n) is 9.15. The van der Waals surface area contributed by atoms with Crippen molar-refractivity contribution in [3.8, 4) is 0 Å². The van der Waals surface area contributed by atoms with Gasteiger partial charge in [-0.15, -0.1) is 0 Å². The zero-order chi connectivity index (χ0) is 60.3. The molecule has 0 bridgehead atoms. The van der Waals surface area contributed by atoms with Crippen molar-refractivity contribution in [2.75, 3.05) is 13.2 Å². The largest absolute Gasteiger partial charge is 0.454 e. The van der Waals surface area contributed by atoms with Crippen LogP contribution in [0.15, 0.2) is 146 Å². The normalized spacial score (nSPS) is 19.5. The number of ether oxygens (including phenoxy) is 3. The number of carbonyl (C=O) groups excluding carboxylic acids is 2. The Morgan fingerprint density at radius 2 is 0.867 bits per heavy atom. The molecule has 8 atom stereocenters. The van der Waals surface area contributed by atoms with E-state index in [9.17, 15) is 35.1 Å². The summed E-state index contributed by atoms with van der Waals surface area (Å²) in [5, 5.41) is 57.1. The lowest BCUT2D eigenvalue weighted by Gasteiger charge is -2.41. The summed E-state index contributed by atoms with van der Waals surface area (Å²) in [5.41, 5.74) is 0. The molecule has 8 unspecified atom stereocenters. The number of esters is 1. The van der Waals surface area contributed by atoms with Gasteiger partial charge in [-0.05, 0) is 122 Å². The van der Waals surface area contributed by atoms with Gasteiger partial charge in [0.1, 0.15) is 24.4 Å². The molecule has 1 rings (SSSR count). The molecular weight excluding hydrogens is 1040 g/mol. The Labute approximate surface area is 505 Å². The SMILES string of the molecule is CC/C=C\C/C=C\C/C=C\C/C=C\C/C=C\C/C=C\CCCCCC(O)C(=O)NC(COC1OC(CO)C(O)C(O)C1OC(=O)CCCCC/C=C\C/C=C\C/C=C\C/C=C\C/C=C\CC)C(O)/C=C/CCCCCCCCCCCCC. The van der Waals surface area contributed by atoms with Gasteiger partial charge in [0.15, 0.2) is 12.4 Å². The minimum absolute atomic E-state index is 0.0723. The first-order chi connectivity index (χ1) is 40.7. The Kier molecular flexibility index (Phi) is 53.4. The number of hydrogen-bond donors (Lipinski definition) is 6. The van der Waals surface area contributed by atoms with Gasteiger partial charge >= 0.3 is 5.97 Å². The number of aliphatic hydroxyl groups is 5. The van der Waals surface area contributed by atoms with Gasteiger partial charge in [-0.2, -0.15) is 0 Å². The maximum absolute atomic E-state index is 13.5. The number of aliphatic hydroxyl groups excluding tert-OH is 5. The van der Waals surface area contributed by atoms with Crippen LogP contribution >= 0.6 is 0 Å². The fourth-order valence-corrected chi connectivity index (χ4v) is 9.15. The third-order valence-electron chi connectivity index (χ3n) is 14.2. The number of unbranched alkanes of at least 4 members (excludes halogenated alkanes) is 17. The van der Waals surface area contributed by atoms with Crippen LogP contribution in [0.4, 0.5) is 0 Å². The van der Waals surface area contributed by atoms with Crippen LogP contribution in [0.5, 0.6) is 0 Å². The number of carbonyl (C=O) groups is 2. The highest BCUT2D eigenvalue weighted by Gasteiger charge is 2.47. The van der Waals surface area contributed by atoms with Crippen LogP contribution in [-0.2, 0) is 23.8 Å². The Morgan fingerprint density at radius 1 is 0.482 bits per heavy atom. The first-order valence-electron chi connectivity index (χ1n) is 32.6. The smallest absolute Gasteiger partial charge is 0.306 e. The van der Waals surface area contributed by atoms with Crippen molar-refractivity contribution in [3.05, 3.63) is 146 Å². The molecule has 1 aliphatic rings. The number of nitrogens with one attached hydrogen (secondary N) is 1. The van der Waals surface area contributed by atoms with Crippen molar-refractivity contribution >= 4 is 11.9 Å². The average molecular weight is 1160 g/mol. The predicted octanol–water partition coefficient (Wildman–Crippen LogP) is 16.2. The quantitative estimate of drug-likeness (QED) is 0.0195. The topological polar surface area (TPSA) is 175 Å². The monoisotopic (exact) mass is 1160 g/mol. The summed E-state index contributed by atoms with van der Waals surface area (Å²) in [6, 6.07) is -1.06. The van der Waals surface area contributed by atoms with E-state index in [4.69, 9.17) is 14.2 Å². The van der Waals surface area contributed by atoms with Gasteiger partial charge in [0.05, 0.1) is 25.4 Å². The second-order valence-electron chi connectivity index (χ2n) is 21.7.